The molecule has 6 heteroatoms. The van der Waals surface area contributed by atoms with Crippen molar-refractivity contribution in [3.63, 3.8) is 0 Å². The predicted molar refractivity (Wildman–Crippen MR) is 81.1 cm³/mol. The minimum atomic E-state index is 0.574. The third kappa shape index (κ3) is 3.11. The van der Waals surface area contributed by atoms with Crippen LogP contribution in [0.2, 0.25) is 0 Å². The molecule has 0 N–H and O–H groups in total. The first-order valence-corrected chi connectivity index (χ1v) is 7.53. The van der Waals surface area contributed by atoms with E-state index in [0.29, 0.717) is 6.04 Å². The van der Waals surface area contributed by atoms with Gasteiger partial charge in [-0.05, 0) is 36.0 Å². The van der Waals surface area contributed by atoms with Crippen molar-refractivity contribution in [1.82, 2.24) is 30.0 Å². The second-order valence-corrected chi connectivity index (χ2v) is 5.64. The molecule has 0 bridgehead atoms. The number of para-hydroxylation sites is 1. The van der Waals surface area contributed by atoms with E-state index in [4.69, 9.17) is 0 Å². The Balaban J connectivity index is 1.78. The van der Waals surface area contributed by atoms with Crippen LogP contribution in [-0.2, 0) is 6.54 Å². The molecule has 1 saturated heterocycles. The van der Waals surface area contributed by atoms with Gasteiger partial charge in [0.1, 0.15) is 0 Å². The molecule has 0 spiro atoms. The van der Waals surface area contributed by atoms with Crippen LogP contribution in [0.4, 0.5) is 0 Å². The molecular formula is C15H22N6. The summed E-state index contributed by atoms with van der Waals surface area (Å²) in [6, 6.07) is 10.6. The van der Waals surface area contributed by atoms with Crippen molar-refractivity contribution in [2.45, 2.75) is 25.9 Å². The predicted octanol–water partition coefficient (Wildman–Crippen LogP) is 1.19. The Hall–Kier alpha value is -1.79. The minimum absolute atomic E-state index is 0.574. The standard InChI is InChI=1S/C15H22N6/c1-3-13-11-19(2)9-10-20(13)12-15-16-17-18-21(15)14-7-5-4-6-8-14/h4-8,13H,3,9-12H2,1-2H3/t13-/m0/s1. The van der Waals surface area contributed by atoms with Crippen LogP contribution < -0.4 is 0 Å². The highest BCUT2D eigenvalue weighted by Crippen LogP contribution is 2.16. The van der Waals surface area contributed by atoms with E-state index in [2.05, 4.69) is 39.3 Å². The van der Waals surface area contributed by atoms with Crippen LogP contribution in [0.25, 0.3) is 5.69 Å². The maximum Gasteiger partial charge on any atom is 0.170 e. The molecule has 0 unspecified atom stereocenters. The van der Waals surface area contributed by atoms with Crippen molar-refractivity contribution >= 4 is 0 Å². The molecule has 1 fully saturated rings. The molecule has 0 saturated carbocycles. The summed E-state index contributed by atoms with van der Waals surface area (Å²) >= 11 is 0. The van der Waals surface area contributed by atoms with Crippen molar-refractivity contribution in [2.24, 2.45) is 0 Å². The van der Waals surface area contributed by atoms with Crippen molar-refractivity contribution in [3.8, 4) is 5.69 Å². The lowest BCUT2D eigenvalue weighted by Gasteiger charge is -2.39. The Bertz CT molecular complexity index is 567. The Labute approximate surface area is 125 Å². The van der Waals surface area contributed by atoms with Gasteiger partial charge in [0.2, 0.25) is 0 Å². The second-order valence-electron chi connectivity index (χ2n) is 5.64. The largest absolute Gasteiger partial charge is 0.304 e. The number of aromatic nitrogens is 4. The lowest BCUT2D eigenvalue weighted by molar-refractivity contribution is 0.0784. The van der Waals surface area contributed by atoms with Gasteiger partial charge >= 0.3 is 0 Å². The molecule has 112 valence electrons. The molecule has 1 aromatic heterocycles. The molecule has 1 atom stereocenters. The first-order valence-electron chi connectivity index (χ1n) is 7.53. The first kappa shape index (κ1) is 14.2. The van der Waals surface area contributed by atoms with Crippen LogP contribution in [0.1, 0.15) is 19.2 Å². The van der Waals surface area contributed by atoms with Crippen LogP contribution in [0.5, 0.6) is 0 Å². The van der Waals surface area contributed by atoms with Crippen LogP contribution >= 0.6 is 0 Å². The highest BCUT2D eigenvalue weighted by atomic mass is 15.5. The SMILES string of the molecule is CC[C@H]1CN(C)CCN1Cc1nnnn1-c1ccccc1. The molecule has 21 heavy (non-hydrogen) atoms. The molecule has 0 amide bonds. The van der Waals surface area contributed by atoms with Crippen molar-refractivity contribution in [1.29, 1.82) is 0 Å². The number of benzene rings is 1. The first-order chi connectivity index (χ1) is 10.3. The van der Waals surface area contributed by atoms with Crippen molar-refractivity contribution in [3.05, 3.63) is 36.2 Å². The average molecular weight is 286 g/mol. The van der Waals surface area contributed by atoms with Gasteiger partial charge in [0.15, 0.2) is 5.82 Å². The molecule has 0 aliphatic carbocycles. The zero-order valence-electron chi connectivity index (χ0n) is 12.7. The molecule has 2 heterocycles. The van der Waals surface area contributed by atoms with E-state index in [0.717, 1.165) is 44.1 Å². The summed E-state index contributed by atoms with van der Waals surface area (Å²) in [4.78, 5) is 4.88. The zero-order valence-corrected chi connectivity index (χ0v) is 12.7. The summed E-state index contributed by atoms with van der Waals surface area (Å²) in [6.07, 6.45) is 1.15. The highest BCUT2D eigenvalue weighted by Gasteiger charge is 2.25. The van der Waals surface area contributed by atoms with E-state index in [1.807, 2.05) is 35.0 Å². The highest BCUT2D eigenvalue weighted by molar-refractivity contribution is 5.30. The van der Waals surface area contributed by atoms with Crippen LogP contribution in [-0.4, -0.2) is 62.7 Å². The normalized spacial score (nSPS) is 20.8. The lowest BCUT2D eigenvalue weighted by atomic mass is 10.1. The Kier molecular flexibility index (Phi) is 4.26. The van der Waals surface area contributed by atoms with Crippen molar-refractivity contribution < 1.29 is 0 Å². The number of piperazine rings is 1. The number of nitrogens with zero attached hydrogens (tertiary/aromatic N) is 6. The molecule has 0 radical (unpaired) electrons. The molecule has 1 aliphatic rings. The molecule has 6 nitrogen and oxygen atoms in total. The van der Waals surface area contributed by atoms with Gasteiger partial charge in [-0.3, -0.25) is 4.90 Å². The fraction of sp³-hybridized carbons (Fsp3) is 0.533. The number of hydrogen-bond donors (Lipinski definition) is 0. The van der Waals surface area contributed by atoms with Crippen LogP contribution in [0, 0.1) is 0 Å². The topological polar surface area (TPSA) is 50.1 Å². The van der Waals surface area contributed by atoms with E-state index in [1.165, 1.54) is 0 Å². The number of tetrazole rings is 1. The molecule has 1 aliphatic heterocycles. The summed E-state index contributed by atoms with van der Waals surface area (Å²) in [5, 5.41) is 12.2. The molecule has 2 aromatic rings. The third-order valence-electron chi connectivity index (χ3n) is 4.16. The number of likely N-dealkylation sites (N-methyl/N-ethyl adjacent to an activating group) is 1. The Morgan fingerprint density at radius 1 is 1.19 bits per heavy atom. The van der Waals surface area contributed by atoms with Crippen LogP contribution in [0.15, 0.2) is 30.3 Å². The summed E-state index contributed by atoms with van der Waals surface area (Å²) in [6.45, 7) is 6.33. The summed E-state index contributed by atoms with van der Waals surface area (Å²) in [5.74, 6) is 0.907. The average Bonchev–Trinajstić information content (AvgIpc) is 2.98. The Morgan fingerprint density at radius 3 is 2.76 bits per heavy atom. The van der Waals surface area contributed by atoms with Crippen molar-refractivity contribution in [2.75, 3.05) is 26.7 Å². The summed E-state index contributed by atoms with van der Waals surface area (Å²) < 4.78 is 1.84. The van der Waals surface area contributed by atoms with E-state index in [-0.39, 0.29) is 0 Å². The van der Waals surface area contributed by atoms with Gasteiger partial charge in [0.25, 0.3) is 0 Å². The van der Waals surface area contributed by atoms with E-state index in [9.17, 15) is 0 Å². The maximum atomic E-state index is 4.22. The zero-order chi connectivity index (χ0) is 14.7. The minimum Gasteiger partial charge on any atom is -0.304 e. The Morgan fingerprint density at radius 2 is 2.00 bits per heavy atom. The van der Waals surface area contributed by atoms with Gasteiger partial charge in [0.05, 0.1) is 12.2 Å². The van der Waals surface area contributed by atoms with Gasteiger partial charge in [-0.25, -0.2) is 0 Å². The number of rotatable bonds is 4. The van der Waals surface area contributed by atoms with Gasteiger partial charge < -0.3 is 4.90 Å². The fourth-order valence-corrected chi connectivity index (χ4v) is 2.90. The van der Waals surface area contributed by atoms with E-state index in [1.54, 1.807) is 0 Å². The molecular weight excluding hydrogens is 264 g/mol. The van der Waals surface area contributed by atoms with Gasteiger partial charge in [-0.2, -0.15) is 4.68 Å². The molecule has 3 rings (SSSR count). The van der Waals surface area contributed by atoms with E-state index < -0.39 is 0 Å². The van der Waals surface area contributed by atoms with E-state index >= 15 is 0 Å². The summed E-state index contributed by atoms with van der Waals surface area (Å²) in [7, 11) is 2.19. The van der Waals surface area contributed by atoms with Gasteiger partial charge in [0, 0.05) is 25.7 Å². The maximum absolute atomic E-state index is 4.22. The molecule has 1 aromatic carbocycles. The third-order valence-corrected chi connectivity index (χ3v) is 4.16. The monoisotopic (exact) mass is 286 g/mol. The number of hydrogen-bond acceptors (Lipinski definition) is 5. The van der Waals surface area contributed by atoms with Gasteiger partial charge in [-0.1, -0.05) is 25.1 Å². The van der Waals surface area contributed by atoms with Crippen LogP contribution in [0.3, 0.4) is 0 Å². The fourth-order valence-electron chi connectivity index (χ4n) is 2.90. The smallest absolute Gasteiger partial charge is 0.170 e. The van der Waals surface area contributed by atoms with Gasteiger partial charge in [-0.15, -0.1) is 5.10 Å². The quantitative estimate of drug-likeness (QED) is 0.845. The second kappa shape index (κ2) is 6.32. The lowest BCUT2D eigenvalue weighted by Crippen LogP contribution is -2.51. The summed E-state index contributed by atoms with van der Waals surface area (Å²) in [5.41, 5.74) is 1.01.